The Morgan fingerprint density at radius 1 is 1.32 bits per heavy atom. The number of hydrogen-bond donors (Lipinski definition) is 1. The lowest BCUT2D eigenvalue weighted by atomic mass is 10.3. The fourth-order valence-electron chi connectivity index (χ4n) is 1.66. The standard InChI is InChI=1S/C10H7N5O4S3/c1-19-10(16)8-9(20-15-11-8)14-22(17,18)6-4-2-3-5-7(6)13-21-12-5/h2-4,14H,1H3. The maximum absolute atomic E-state index is 12.5. The molecule has 0 saturated carbocycles. The zero-order chi connectivity index (χ0) is 15.7. The zero-order valence-electron chi connectivity index (χ0n) is 10.9. The van der Waals surface area contributed by atoms with E-state index in [4.69, 9.17) is 0 Å². The van der Waals surface area contributed by atoms with Crippen LogP contribution in [0.15, 0.2) is 23.1 Å². The molecule has 0 fully saturated rings. The van der Waals surface area contributed by atoms with Gasteiger partial charge in [0, 0.05) is 11.5 Å². The van der Waals surface area contributed by atoms with Gasteiger partial charge in [0.15, 0.2) is 5.00 Å². The summed E-state index contributed by atoms with van der Waals surface area (Å²) < 4.78 is 43.3. The highest BCUT2D eigenvalue weighted by atomic mass is 32.2. The molecular weight excluding hydrogens is 350 g/mol. The monoisotopic (exact) mass is 357 g/mol. The van der Waals surface area contributed by atoms with Crippen LogP contribution in [-0.4, -0.2) is 39.8 Å². The number of carbonyl (C=O) groups is 1. The van der Waals surface area contributed by atoms with E-state index in [2.05, 4.69) is 27.8 Å². The fourth-order valence-corrected chi connectivity index (χ4v) is 4.28. The number of hydrogen-bond acceptors (Lipinski definition) is 10. The molecule has 0 spiro atoms. The lowest BCUT2D eigenvalue weighted by Crippen LogP contribution is -2.15. The van der Waals surface area contributed by atoms with Gasteiger partial charge in [-0.05, 0) is 12.1 Å². The molecule has 2 aromatic heterocycles. The Hall–Kier alpha value is -2.18. The van der Waals surface area contributed by atoms with Gasteiger partial charge in [0.2, 0.25) is 5.69 Å². The number of esters is 1. The summed E-state index contributed by atoms with van der Waals surface area (Å²) in [6.07, 6.45) is 0. The molecule has 3 aromatic rings. The van der Waals surface area contributed by atoms with E-state index < -0.39 is 16.0 Å². The van der Waals surface area contributed by atoms with Crippen LogP contribution in [0.2, 0.25) is 0 Å². The van der Waals surface area contributed by atoms with Crippen molar-refractivity contribution in [2.45, 2.75) is 4.90 Å². The van der Waals surface area contributed by atoms with Gasteiger partial charge in [-0.2, -0.15) is 8.75 Å². The van der Waals surface area contributed by atoms with E-state index in [-0.39, 0.29) is 21.1 Å². The van der Waals surface area contributed by atoms with Crippen molar-refractivity contribution in [3.63, 3.8) is 0 Å². The Labute approximate surface area is 132 Å². The number of nitrogens with zero attached hydrogens (tertiary/aromatic N) is 4. The van der Waals surface area contributed by atoms with Crippen LogP contribution in [0.1, 0.15) is 10.5 Å². The second kappa shape index (κ2) is 5.55. The summed E-state index contributed by atoms with van der Waals surface area (Å²) in [6.45, 7) is 0. The summed E-state index contributed by atoms with van der Waals surface area (Å²) in [5, 5.41) is 3.54. The first-order chi connectivity index (χ1) is 10.5. The van der Waals surface area contributed by atoms with Crippen LogP contribution in [0.5, 0.6) is 0 Å². The Morgan fingerprint density at radius 2 is 2.14 bits per heavy atom. The molecule has 0 aliphatic carbocycles. The third-order valence-corrected chi connectivity index (χ3v) is 5.33. The zero-order valence-corrected chi connectivity index (χ0v) is 13.3. The van der Waals surface area contributed by atoms with Crippen molar-refractivity contribution in [2.75, 3.05) is 11.8 Å². The van der Waals surface area contributed by atoms with Gasteiger partial charge >= 0.3 is 5.97 Å². The maximum Gasteiger partial charge on any atom is 0.361 e. The van der Waals surface area contributed by atoms with Crippen molar-refractivity contribution in [1.82, 2.24) is 18.3 Å². The van der Waals surface area contributed by atoms with Crippen LogP contribution in [0.4, 0.5) is 5.00 Å². The van der Waals surface area contributed by atoms with Crippen LogP contribution in [0, 0.1) is 0 Å². The molecule has 0 atom stereocenters. The number of aromatic nitrogens is 4. The normalized spacial score (nSPS) is 11.5. The molecule has 0 bridgehead atoms. The van der Waals surface area contributed by atoms with Gasteiger partial charge in [-0.3, -0.25) is 4.72 Å². The molecule has 114 valence electrons. The van der Waals surface area contributed by atoms with Gasteiger partial charge in [0.05, 0.1) is 18.8 Å². The van der Waals surface area contributed by atoms with E-state index in [0.717, 1.165) is 23.3 Å². The molecule has 2 heterocycles. The van der Waals surface area contributed by atoms with Crippen LogP contribution in [0.25, 0.3) is 11.0 Å². The van der Waals surface area contributed by atoms with Gasteiger partial charge in [-0.25, -0.2) is 13.2 Å². The highest BCUT2D eigenvalue weighted by Crippen LogP contribution is 2.26. The van der Waals surface area contributed by atoms with Crippen LogP contribution < -0.4 is 4.72 Å². The second-order valence-corrected chi connectivity index (χ2v) is 6.87. The van der Waals surface area contributed by atoms with Crippen molar-refractivity contribution in [1.29, 1.82) is 0 Å². The number of ether oxygens (including phenoxy) is 1. The Bertz CT molecular complexity index is 948. The molecule has 22 heavy (non-hydrogen) atoms. The SMILES string of the molecule is COC(=O)c1nnsc1NS(=O)(=O)c1cccc2nsnc12. The van der Waals surface area contributed by atoms with Gasteiger partial charge < -0.3 is 4.74 Å². The summed E-state index contributed by atoms with van der Waals surface area (Å²) in [6, 6.07) is 4.62. The molecule has 0 saturated heterocycles. The minimum atomic E-state index is -3.97. The maximum atomic E-state index is 12.5. The summed E-state index contributed by atoms with van der Waals surface area (Å²) >= 11 is 1.65. The molecule has 9 nitrogen and oxygen atoms in total. The summed E-state index contributed by atoms with van der Waals surface area (Å²) in [5.74, 6) is -0.778. The minimum Gasteiger partial charge on any atom is -0.464 e. The van der Waals surface area contributed by atoms with Gasteiger partial charge in [-0.15, -0.1) is 5.10 Å². The number of anilines is 1. The molecule has 0 aliphatic heterocycles. The van der Waals surface area contributed by atoms with Crippen LogP contribution in [0.3, 0.4) is 0 Å². The first kappa shape index (κ1) is 14.7. The highest BCUT2D eigenvalue weighted by molar-refractivity contribution is 7.93. The van der Waals surface area contributed by atoms with Crippen molar-refractivity contribution in [2.24, 2.45) is 0 Å². The predicted octanol–water partition coefficient (Wildman–Crippen LogP) is 1.13. The Morgan fingerprint density at radius 3 is 2.91 bits per heavy atom. The number of fused-ring (bicyclic) bond motifs is 1. The topological polar surface area (TPSA) is 124 Å². The molecule has 0 aliphatic rings. The predicted molar refractivity (Wildman–Crippen MR) is 79.5 cm³/mol. The van der Waals surface area contributed by atoms with E-state index >= 15 is 0 Å². The van der Waals surface area contributed by atoms with E-state index in [1.807, 2.05) is 0 Å². The molecule has 1 N–H and O–H groups in total. The number of rotatable bonds is 4. The minimum absolute atomic E-state index is 0.0213. The molecule has 0 amide bonds. The number of carbonyl (C=O) groups excluding carboxylic acids is 1. The van der Waals surface area contributed by atoms with Crippen molar-refractivity contribution in [3.8, 4) is 0 Å². The first-order valence-electron chi connectivity index (χ1n) is 5.67. The molecule has 0 unspecified atom stereocenters. The third kappa shape index (κ3) is 2.51. The van der Waals surface area contributed by atoms with Crippen LogP contribution >= 0.6 is 23.3 Å². The number of methoxy groups -OCH3 is 1. The lowest BCUT2D eigenvalue weighted by molar-refractivity contribution is 0.0595. The largest absolute Gasteiger partial charge is 0.464 e. The molecule has 3 rings (SSSR count). The van der Waals surface area contributed by atoms with E-state index in [1.54, 1.807) is 12.1 Å². The summed E-state index contributed by atoms with van der Waals surface area (Å²) in [5.41, 5.74) is 0.542. The van der Waals surface area contributed by atoms with Crippen LogP contribution in [-0.2, 0) is 14.8 Å². The van der Waals surface area contributed by atoms with Crippen molar-refractivity contribution >= 4 is 55.3 Å². The molecule has 1 aromatic carbocycles. The van der Waals surface area contributed by atoms with Crippen molar-refractivity contribution in [3.05, 3.63) is 23.9 Å². The highest BCUT2D eigenvalue weighted by Gasteiger charge is 2.25. The van der Waals surface area contributed by atoms with Gasteiger partial charge in [-0.1, -0.05) is 10.6 Å². The first-order valence-corrected chi connectivity index (χ1v) is 8.66. The second-order valence-electron chi connectivity index (χ2n) is 3.94. The Kier molecular flexibility index (Phi) is 3.72. The third-order valence-electron chi connectivity index (χ3n) is 2.63. The number of nitrogens with one attached hydrogen (secondary N) is 1. The summed E-state index contributed by atoms with van der Waals surface area (Å²) in [7, 11) is -2.80. The smallest absolute Gasteiger partial charge is 0.361 e. The van der Waals surface area contributed by atoms with E-state index in [9.17, 15) is 13.2 Å². The number of sulfonamides is 1. The molecule has 0 radical (unpaired) electrons. The van der Waals surface area contributed by atoms with Gasteiger partial charge in [0.1, 0.15) is 15.9 Å². The molecular formula is C10H7N5O4S3. The molecule has 12 heteroatoms. The van der Waals surface area contributed by atoms with Gasteiger partial charge in [0.25, 0.3) is 10.0 Å². The van der Waals surface area contributed by atoms with E-state index in [1.165, 1.54) is 13.2 Å². The van der Waals surface area contributed by atoms with Crippen molar-refractivity contribution < 1.29 is 17.9 Å². The Balaban J connectivity index is 2.03. The van der Waals surface area contributed by atoms with E-state index in [0.29, 0.717) is 5.52 Å². The quantitative estimate of drug-likeness (QED) is 0.689. The lowest BCUT2D eigenvalue weighted by Gasteiger charge is -2.06. The fraction of sp³-hybridized carbons (Fsp3) is 0.100. The average Bonchev–Trinajstić information content (AvgIpc) is 3.14. The summed E-state index contributed by atoms with van der Waals surface area (Å²) in [4.78, 5) is 11.5. The average molecular weight is 357 g/mol. The number of benzene rings is 1.